The van der Waals surface area contributed by atoms with Crippen LogP contribution in [0.2, 0.25) is 0 Å². The summed E-state index contributed by atoms with van der Waals surface area (Å²) in [5, 5.41) is 4.76. The maximum Gasteiger partial charge on any atom is 0.274 e. The molecule has 1 fully saturated rings. The van der Waals surface area contributed by atoms with Crippen LogP contribution in [0, 0.1) is 0 Å². The standard InChI is InChI=1S/C23H32N4O3S/c1-3-25(4-2)14-15-26(19-13-16-31(29,30)17-19)23(28)22-20-11-8-12-21(20)27(24-22)18-9-6-5-7-10-18/h5-7,9-10,19H,3-4,8,11-17H2,1-2H3. The van der Waals surface area contributed by atoms with E-state index in [4.69, 9.17) is 5.10 Å². The van der Waals surface area contributed by atoms with E-state index in [1.54, 1.807) is 4.90 Å². The van der Waals surface area contributed by atoms with Crippen LogP contribution in [0.25, 0.3) is 5.69 Å². The molecule has 0 radical (unpaired) electrons. The normalized spacial score (nSPS) is 19.6. The number of carbonyl (C=O) groups is 1. The Morgan fingerprint density at radius 1 is 1.13 bits per heavy atom. The lowest BCUT2D eigenvalue weighted by Crippen LogP contribution is -2.45. The van der Waals surface area contributed by atoms with E-state index in [-0.39, 0.29) is 23.5 Å². The predicted molar refractivity (Wildman–Crippen MR) is 121 cm³/mol. The summed E-state index contributed by atoms with van der Waals surface area (Å²) in [5.74, 6) is 0.0871. The minimum atomic E-state index is -3.09. The summed E-state index contributed by atoms with van der Waals surface area (Å²) in [5.41, 5.74) is 3.60. The molecule has 4 rings (SSSR count). The molecule has 2 heterocycles. The number of likely N-dealkylation sites (N-methyl/N-ethyl adjacent to an activating group) is 1. The van der Waals surface area contributed by atoms with Gasteiger partial charge >= 0.3 is 0 Å². The second-order valence-electron chi connectivity index (χ2n) is 8.46. The van der Waals surface area contributed by atoms with Gasteiger partial charge in [0, 0.05) is 30.4 Å². The van der Waals surface area contributed by atoms with E-state index in [9.17, 15) is 13.2 Å². The Kier molecular flexibility index (Phi) is 6.48. The van der Waals surface area contributed by atoms with E-state index in [2.05, 4.69) is 18.7 Å². The van der Waals surface area contributed by atoms with Crippen LogP contribution in [-0.2, 0) is 22.7 Å². The highest BCUT2D eigenvalue weighted by Gasteiger charge is 2.37. The summed E-state index contributed by atoms with van der Waals surface area (Å²) in [7, 11) is -3.09. The number of fused-ring (bicyclic) bond motifs is 1. The van der Waals surface area contributed by atoms with Crippen LogP contribution in [0.4, 0.5) is 0 Å². The second-order valence-corrected chi connectivity index (χ2v) is 10.7. The van der Waals surface area contributed by atoms with Crippen molar-refractivity contribution >= 4 is 15.7 Å². The van der Waals surface area contributed by atoms with Gasteiger partial charge in [0.2, 0.25) is 0 Å². The molecule has 0 spiro atoms. The lowest BCUT2D eigenvalue weighted by molar-refractivity contribution is 0.0666. The van der Waals surface area contributed by atoms with Gasteiger partial charge in [0.1, 0.15) is 0 Å². The molecule has 1 amide bonds. The molecule has 1 aliphatic heterocycles. The number of rotatable bonds is 8. The SMILES string of the molecule is CCN(CC)CCN(C(=O)c1nn(-c2ccccc2)c2c1CCC2)C1CCS(=O)(=O)C1. The Balaban J connectivity index is 1.67. The minimum absolute atomic E-state index is 0.0541. The number of hydrogen-bond donors (Lipinski definition) is 0. The van der Waals surface area contributed by atoms with Crippen LogP contribution < -0.4 is 0 Å². The van der Waals surface area contributed by atoms with Crippen molar-refractivity contribution in [3.05, 3.63) is 47.3 Å². The monoisotopic (exact) mass is 444 g/mol. The first kappa shape index (κ1) is 22.0. The van der Waals surface area contributed by atoms with Crippen molar-refractivity contribution in [1.82, 2.24) is 19.6 Å². The summed E-state index contributed by atoms with van der Waals surface area (Å²) in [6.45, 7) is 7.26. The molecule has 2 aliphatic rings. The summed E-state index contributed by atoms with van der Waals surface area (Å²) < 4.78 is 26.2. The summed E-state index contributed by atoms with van der Waals surface area (Å²) in [6.07, 6.45) is 3.27. The largest absolute Gasteiger partial charge is 0.332 e. The summed E-state index contributed by atoms with van der Waals surface area (Å²) in [4.78, 5) is 17.8. The van der Waals surface area contributed by atoms with Gasteiger partial charge < -0.3 is 9.80 Å². The first-order valence-corrected chi connectivity index (χ1v) is 13.2. The minimum Gasteiger partial charge on any atom is -0.332 e. The highest BCUT2D eigenvalue weighted by atomic mass is 32.2. The van der Waals surface area contributed by atoms with Crippen molar-refractivity contribution in [3.63, 3.8) is 0 Å². The molecule has 1 saturated heterocycles. The molecule has 1 atom stereocenters. The molecule has 1 aliphatic carbocycles. The fraction of sp³-hybridized carbons (Fsp3) is 0.565. The average molecular weight is 445 g/mol. The number of para-hydroxylation sites is 1. The topological polar surface area (TPSA) is 75.5 Å². The van der Waals surface area contributed by atoms with Crippen molar-refractivity contribution in [3.8, 4) is 5.69 Å². The van der Waals surface area contributed by atoms with E-state index in [1.165, 1.54) is 0 Å². The molecule has 7 nitrogen and oxygen atoms in total. The van der Waals surface area contributed by atoms with Crippen LogP contribution in [0.15, 0.2) is 30.3 Å². The molecule has 2 aromatic rings. The zero-order valence-corrected chi connectivity index (χ0v) is 19.3. The number of nitrogens with zero attached hydrogens (tertiary/aromatic N) is 4. The number of benzene rings is 1. The third-order valence-corrected chi connectivity index (χ3v) is 8.35. The fourth-order valence-electron chi connectivity index (χ4n) is 4.79. The van der Waals surface area contributed by atoms with E-state index >= 15 is 0 Å². The van der Waals surface area contributed by atoms with E-state index < -0.39 is 9.84 Å². The van der Waals surface area contributed by atoms with Crippen LogP contribution in [0.3, 0.4) is 0 Å². The molecule has 1 unspecified atom stereocenters. The molecular weight excluding hydrogens is 412 g/mol. The molecule has 1 aromatic carbocycles. The van der Waals surface area contributed by atoms with Gasteiger partial charge in [-0.25, -0.2) is 13.1 Å². The Bertz CT molecular complexity index is 1030. The Hall–Kier alpha value is -2.19. The quantitative estimate of drug-likeness (QED) is 0.625. The Morgan fingerprint density at radius 2 is 1.87 bits per heavy atom. The van der Waals surface area contributed by atoms with Gasteiger partial charge in [-0.2, -0.15) is 5.10 Å². The van der Waals surface area contributed by atoms with Crippen molar-refractivity contribution in [2.24, 2.45) is 0 Å². The zero-order chi connectivity index (χ0) is 22.0. The maximum absolute atomic E-state index is 13.8. The van der Waals surface area contributed by atoms with Crippen molar-refractivity contribution in [2.45, 2.75) is 45.6 Å². The highest BCUT2D eigenvalue weighted by Crippen LogP contribution is 2.30. The second kappa shape index (κ2) is 9.12. The lowest BCUT2D eigenvalue weighted by Gasteiger charge is -2.30. The summed E-state index contributed by atoms with van der Waals surface area (Å²) >= 11 is 0. The first-order valence-electron chi connectivity index (χ1n) is 11.3. The van der Waals surface area contributed by atoms with Crippen LogP contribution in [-0.4, -0.2) is 77.6 Å². The van der Waals surface area contributed by atoms with E-state index in [1.807, 2.05) is 35.0 Å². The molecular formula is C23H32N4O3S. The Labute approximate surface area is 184 Å². The number of sulfone groups is 1. The number of amides is 1. The molecule has 1 aromatic heterocycles. The molecule has 0 saturated carbocycles. The highest BCUT2D eigenvalue weighted by molar-refractivity contribution is 7.91. The van der Waals surface area contributed by atoms with Crippen LogP contribution >= 0.6 is 0 Å². The van der Waals surface area contributed by atoms with E-state index in [0.717, 1.165) is 55.8 Å². The van der Waals surface area contributed by atoms with Gasteiger partial charge in [-0.05, 0) is 50.9 Å². The smallest absolute Gasteiger partial charge is 0.274 e. The van der Waals surface area contributed by atoms with Crippen molar-refractivity contribution in [2.75, 3.05) is 37.7 Å². The number of carbonyl (C=O) groups excluding carboxylic acids is 1. The van der Waals surface area contributed by atoms with Gasteiger partial charge in [-0.15, -0.1) is 0 Å². The number of hydrogen-bond acceptors (Lipinski definition) is 5. The average Bonchev–Trinajstić information content (AvgIpc) is 3.46. The van der Waals surface area contributed by atoms with Gasteiger partial charge in [0.15, 0.2) is 15.5 Å². The molecule has 0 N–H and O–H groups in total. The predicted octanol–water partition coefficient (Wildman–Crippen LogP) is 2.33. The maximum atomic E-state index is 13.8. The third kappa shape index (κ3) is 4.55. The Morgan fingerprint density at radius 3 is 2.52 bits per heavy atom. The fourth-order valence-corrected chi connectivity index (χ4v) is 6.52. The van der Waals surface area contributed by atoms with Crippen LogP contribution in [0.1, 0.15) is 48.4 Å². The van der Waals surface area contributed by atoms with Gasteiger partial charge in [0.25, 0.3) is 5.91 Å². The van der Waals surface area contributed by atoms with Crippen molar-refractivity contribution in [1.29, 1.82) is 0 Å². The zero-order valence-electron chi connectivity index (χ0n) is 18.5. The summed E-state index contributed by atoms with van der Waals surface area (Å²) in [6, 6.07) is 9.64. The first-order chi connectivity index (χ1) is 14.9. The lowest BCUT2D eigenvalue weighted by atomic mass is 10.1. The van der Waals surface area contributed by atoms with Gasteiger partial charge in [-0.1, -0.05) is 32.0 Å². The van der Waals surface area contributed by atoms with Gasteiger partial charge in [-0.3, -0.25) is 4.79 Å². The molecule has 168 valence electrons. The van der Waals surface area contributed by atoms with Gasteiger partial charge in [0.05, 0.1) is 17.2 Å². The number of aromatic nitrogens is 2. The molecule has 0 bridgehead atoms. The molecule has 31 heavy (non-hydrogen) atoms. The van der Waals surface area contributed by atoms with Crippen LogP contribution in [0.5, 0.6) is 0 Å². The third-order valence-electron chi connectivity index (χ3n) is 6.60. The molecule has 8 heteroatoms. The van der Waals surface area contributed by atoms with Crippen molar-refractivity contribution < 1.29 is 13.2 Å². The van der Waals surface area contributed by atoms with E-state index in [0.29, 0.717) is 18.7 Å².